The first-order chi connectivity index (χ1) is 22.6. The van der Waals surface area contributed by atoms with Crippen molar-refractivity contribution in [3.05, 3.63) is 101 Å². The quantitative estimate of drug-likeness (QED) is 0.142. The minimum absolute atomic E-state index is 0.00209. The first-order valence-corrected chi connectivity index (χ1v) is 16.4. The van der Waals surface area contributed by atoms with Gasteiger partial charge in [0.15, 0.2) is 6.29 Å². The summed E-state index contributed by atoms with van der Waals surface area (Å²) in [6, 6.07) is 22.3. The van der Waals surface area contributed by atoms with Gasteiger partial charge in [-0.3, -0.25) is 9.59 Å². The Morgan fingerprint density at radius 3 is 2.30 bits per heavy atom. The summed E-state index contributed by atoms with van der Waals surface area (Å²) < 4.78 is 13.1. The second-order valence-electron chi connectivity index (χ2n) is 12.5. The molecule has 10 heteroatoms. The van der Waals surface area contributed by atoms with Crippen LogP contribution in [0.5, 0.6) is 5.75 Å². The zero-order valence-electron chi connectivity index (χ0n) is 27.6. The summed E-state index contributed by atoms with van der Waals surface area (Å²) >= 11 is 0. The van der Waals surface area contributed by atoms with Crippen LogP contribution >= 0.6 is 0 Å². The second-order valence-corrected chi connectivity index (χ2v) is 12.5. The highest BCUT2D eigenvalue weighted by Crippen LogP contribution is 2.42. The van der Waals surface area contributed by atoms with E-state index in [0.29, 0.717) is 38.2 Å². The number of aliphatic hydroxyl groups excluding tert-OH is 2. The maximum atomic E-state index is 12.3. The Hall–Kier alpha value is -3.80. The third-order valence-corrected chi connectivity index (χ3v) is 8.55. The molecule has 3 aromatic carbocycles. The van der Waals surface area contributed by atoms with Gasteiger partial charge in [-0.15, -0.1) is 0 Å². The molecule has 5 N–H and O–H groups in total. The van der Waals surface area contributed by atoms with Crippen molar-refractivity contribution < 1.29 is 34.4 Å². The van der Waals surface area contributed by atoms with Crippen molar-refractivity contribution in [1.29, 1.82) is 0 Å². The Bertz CT molecular complexity index is 1420. The fourth-order valence-electron chi connectivity index (χ4n) is 5.78. The Morgan fingerprint density at radius 1 is 0.915 bits per heavy atom. The lowest BCUT2D eigenvalue weighted by Crippen LogP contribution is -2.44. The Morgan fingerprint density at radius 2 is 1.62 bits per heavy atom. The number of rotatable bonds is 16. The van der Waals surface area contributed by atoms with E-state index in [1.165, 1.54) is 6.92 Å². The zero-order chi connectivity index (χ0) is 33.8. The number of hydrogen-bond donors (Lipinski definition) is 5. The van der Waals surface area contributed by atoms with Gasteiger partial charge in [-0.1, -0.05) is 74.0 Å². The number of hydrogen-bond acceptors (Lipinski definition) is 8. The van der Waals surface area contributed by atoms with Crippen LogP contribution < -0.4 is 10.6 Å². The van der Waals surface area contributed by atoms with E-state index in [9.17, 15) is 24.9 Å². The minimum atomic E-state index is -0.775. The first-order valence-electron chi connectivity index (χ1n) is 16.4. The molecular formula is C37H49N3O7. The van der Waals surface area contributed by atoms with Crippen molar-refractivity contribution >= 4 is 11.8 Å². The average molecular weight is 648 g/mol. The number of amides is 2. The highest BCUT2D eigenvalue weighted by Gasteiger charge is 2.39. The van der Waals surface area contributed by atoms with E-state index in [2.05, 4.69) is 17.6 Å². The van der Waals surface area contributed by atoms with Crippen molar-refractivity contribution in [2.45, 2.75) is 77.3 Å². The Labute approximate surface area is 277 Å². The van der Waals surface area contributed by atoms with Crippen LogP contribution in [0.2, 0.25) is 0 Å². The average Bonchev–Trinajstić information content (AvgIpc) is 3.06. The van der Waals surface area contributed by atoms with Crippen LogP contribution in [0.4, 0.5) is 0 Å². The molecule has 1 fully saturated rings. The molecule has 0 spiro atoms. The van der Waals surface area contributed by atoms with Crippen molar-refractivity contribution in [2.24, 2.45) is 5.92 Å². The molecule has 254 valence electrons. The number of unbranched alkanes of at least 4 members (excludes halogenated alkanes) is 2. The molecule has 1 heterocycles. The van der Waals surface area contributed by atoms with Crippen LogP contribution in [0.1, 0.15) is 85.8 Å². The normalized spacial score (nSPS) is 20.1. The number of aliphatic hydroxyl groups is 2. The van der Waals surface area contributed by atoms with Gasteiger partial charge in [-0.05, 0) is 54.3 Å². The number of nitrogens with one attached hydrogen (secondary N) is 2. The molecule has 0 radical (unpaired) electrons. The molecule has 1 aliphatic rings. The lowest BCUT2D eigenvalue weighted by atomic mass is 9.90. The van der Waals surface area contributed by atoms with E-state index in [-0.39, 0.29) is 42.3 Å². The van der Waals surface area contributed by atoms with Crippen molar-refractivity contribution in [3.8, 4) is 5.75 Å². The maximum Gasteiger partial charge on any atom is 0.220 e. The van der Waals surface area contributed by atoms with Gasteiger partial charge >= 0.3 is 0 Å². The molecule has 0 saturated carbocycles. The number of ether oxygens (including phenoxy) is 2. The largest absolute Gasteiger partial charge is 0.508 e. The number of likely N-dealkylation sites (N-methyl/N-ethyl adjacent to an activating group) is 1. The van der Waals surface area contributed by atoms with Crippen LogP contribution in [0, 0.1) is 5.92 Å². The van der Waals surface area contributed by atoms with E-state index < -0.39 is 12.4 Å². The van der Waals surface area contributed by atoms with Crippen molar-refractivity contribution in [1.82, 2.24) is 15.5 Å². The molecule has 0 aromatic heterocycles. The van der Waals surface area contributed by atoms with Gasteiger partial charge in [-0.2, -0.15) is 0 Å². The van der Waals surface area contributed by atoms with Crippen LogP contribution in [0.3, 0.4) is 0 Å². The summed E-state index contributed by atoms with van der Waals surface area (Å²) in [6.07, 6.45) is 1.04. The van der Waals surface area contributed by atoms with Crippen LogP contribution in [0.25, 0.3) is 0 Å². The number of carbonyl (C=O) groups excluding carboxylic acids is 2. The third-order valence-electron chi connectivity index (χ3n) is 8.55. The molecule has 10 nitrogen and oxygen atoms in total. The SMILES string of the molecule is CC(=O)NCCCCCC(=O)NCc1ccc(C2OC(CN(C)CC(O)c3cccc(O)c3)C(C)C(c3ccc(CO)cc3)O2)cc1. The van der Waals surface area contributed by atoms with Gasteiger partial charge in [0.05, 0.1) is 24.9 Å². The number of benzene rings is 3. The summed E-state index contributed by atoms with van der Waals surface area (Å²) in [5, 5.41) is 36.0. The molecule has 0 bridgehead atoms. The Balaban J connectivity index is 1.38. The predicted molar refractivity (Wildman–Crippen MR) is 179 cm³/mol. The van der Waals surface area contributed by atoms with E-state index in [1.807, 2.05) is 60.5 Å². The van der Waals surface area contributed by atoms with Crippen LogP contribution in [-0.2, 0) is 32.2 Å². The van der Waals surface area contributed by atoms with E-state index in [1.54, 1.807) is 24.3 Å². The van der Waals surface area contributed by atoms with Gasteiger partial charge < -0.3 is 40.3 Å². The highest BCUT2D eigenvalue weighted by molar-refractivity contribution is 5.75. The summed E-state index contributed by atoms with van der Waals surface area (Å²) in [5.41, 5.74) is 4.28. The molecule has 0 aliphatic carbocycles. The van der Waals surface area contributed by atoms with Crippen LogP contribution in [-0.4, -0.2) is 64.8 Å². The lowest BCUT2D eigenvalue weighted by Gasteiger charge is -2.42. The van der Waals surface area contributed by atoms with Gasteiger partial charge in [0, 0.05) is 51.0 Å². The third kappa shape index (κ3) is 11.2. The lowest BCUT2D eigenvalue weighted by molar-refractivity contribution is -0.276. The first kappa shape index (κ1) is 36.0. The van der Waals surface area contributed by atoms with Gasteiger partial charge in [-0.25, -0.2) is 0 Å². The molecule has 2 amide bonds. The molecule has 4 rings (SSSR count). The fraction of sp³-hybridized carbons (Fsp3) is 0.459. The van der Waals surface area contributed by atoms with Crippen LogP contribution in [0.15, 0.2) is 72.8 Å². The van der Waals surface area contributed by atoms with Gasteiger partial charge in [0.25, 0.3) is 0 Å². The molecule has 5 unspecified atom stereocenters. The van der Waals surface area contributed by atoms with E-state index in [0.717, 1.165) is 41.5 Å². The molecule has 5 atom stereocenters. The number of carbonyl (C=O) groups is 2. The smallest absolute Gasteiger partial charge is 0.220 e. The van der Waals surface area contributed by atoms with E-state index in [4.69, 9.17) is 9.47 Å². The zero-order valence-corrected chi connectivity index (χ0v) is 27.6. The van der Waals surface area contributed by atoms with E-state index >= 15 is 0 Å². The maximum absolute atomic E-state index is 12.3. The minimum Gasteiger partial charge on any atom is -0.508 e. The summed E-state index contributed by atoms with van der Waals surface area (Å²) in [4.78, 5) is 25.3. The highest BCUT2D eigenvalue weighted by atomic mass is 16.7. The Kier molecular flexibility index (Phi) is 13.8. The number of phenols is 1. The molecule has 47 heavy (non-hydrogen) atoms. The summed E-state index contributed by atoms with van der Waals surface area (Å²) in [6.45, 7) is 5.51. The molecule has 1 aliphatic heterocycles. The van der Waals surface area contributed by atoms with Gasteiger partial charge in [0.2, 0.25) is 11.8 Å². The summed E-state index contributed by atoms with van der Waals surface area (Å²) in [7, 11) is 1.94. The monoisotopic (exact) mass is 647 g/mol. The number of phenolic OH excluding ortho intramolecular Hbond substituents is 1. The molecular weight excluding hydrogens is 598 g/mol. The predicted octanol–water partition coefficient (Wildman–Crippen LogP) is 4.65. The molecule has 1 saturated heterocycles. The van der Waals surface area contributed by atoms with Crippen molar-refractivity contribution in [3.63, 3.8) is 0 Å². The van der Waals surface area contributed by atoms with Crippen molar-refractivity contribution in [2.75, 3.05) is 26.7 Å². The number of nitrogens with zero attached hydrogens (tertiary/aromatic N) is 1. The summed E-state index contributed by atoms with van der Waals surface area (Å²) in [5.74, 6) is 0.0526. The fourth-order valence-corrected chi connectivity index (χ4v) is 5.78. The standard InChI is InChI=1S/C37H49N3O7/c1-25-34(23-40(3)22-33(44)31-8-7-9-32(43)20-31)46-37(47-36(25)29-15-13-28(24-41)14-16-29)30-17-11-27(12-18-30)21-39-35(45)10-5-4-6-19-38-26(2)42/h7-9,11-18,20,25,33-34,36-37,41,43-44H,4-6,10,19,21-24H2,1-3H3,(H,38,42)(H,39,45). The number of aromatic hydroxyl groups is 1. The second kappa shape index (κ2) is 17.9. The van der Waals surface area contributed by atoms with Gasteiger partial charge in [0.1, 0.15) is 5.75 Å². The topological polar surface area (TPSA) is 141 Å². The molecule has 3 aromatic rings.